The molecule has 1 aromatic carbocycles. The largest absolute Gasteiger partial charge is 0.316 e. The molecule has 0 bridgehead atoms. The lowest BCUT2D eigenvalue weighted by Gasteiger charge is -2.22. The van der Waals surface area contributed by atoms with E-state index >= 15 is 0 Å². The third-order valence-corrected chi connectivity index (χ3v) is 6.00. The third-order valence-electron chi connectivity index (χ3n) is 3.82. The summed E-state index contributed by atoms with van der Waals surface area (Å²) in [6.07, 6.45) is 3.61. The number of fused-ring (bicyclic) bond motifs is 1. The normalized spacial score (nSPS) is 19.3. The van der Waals surface area contributed by atoms with Crippen molar-refractivity contribution in [3.63, 3.8) is 0 Å². The zero-order valence-electron chi connectivity index (χ0n) is 11.1. The van der Waals surface area contributed by atoms with Gasteiger partial charge in [-0.05, 0) is 60.3 Å². The van der Waals surface area contributed by atoms with Crippen LogP contribution in [0.15, 0.2) is 46.0 Å². The Balaban J connectivity index is 1.61. The molecule has 0 amide bonds. The Hall–Kier alpha value is -0.770. The molecule has 1 nitrogen and oxygen atoms in total. The first-order chi connectivity index (χ1) is 9.36. The second-order valence-corrected chi connectivity index (χ2v) is 7.09. The molecular weight excluding hydrogens is 270 g/mol. The summed E-state index contributed by atoms with van der Waals surface area (Å²) < 4.78 is 0. The number of thioether (sulfide) groups is 1. The van der Waals surface area contributed by atoms with Gasteiger partial charge in [-0.1, -0.05) is 18.2 Å². The lowest BCUT2D eigenvalue weighted by molar-refractivity contribution is 0.504. The third kappa shape index (κ3) is 3.04. The minimum Gasteiger partial charge on any atom is -0.316 e. The highest BCUT2D eigenvalue weighted by Gasteiger charge is 2.28. The van der Waals surface area contributed by atoms with Crippen molar-refractivity contribution >= 4 is 23.1 Å². The van der Waals surface area contributed by atoms with Crippen molar-refractivity contribution in [2.75, 3.05) is 7.05 Å². The molecule has 100 valence electrons. The van der Waals surface area contributed by atoms with Gasteiger partial charge in [0.2, 0.25) is 0 Å². The Labute approximate surface area is 123 Å². The molecule has 2 atom stereocenters. The summed E-state index contributed by atoms with van der Waals surface area (Å²) in [5.74, 6) is 0. The molecule has 0 fully saturated rings. The number of nitrogens with one attached hydrogen (secondary N) is 1. The van der Waals surface area contributed by atoms with Crippen molar-refractivity contribution in [2.45, 2.75) is 35.4 Å². The molecule has 0 saturated carbocycles. The standard InChI is InChI=1S/C16H19NS2/c1-17-14(7-6-12-8-9-18-11-12)16-10-13-4-2-3-5-15(13)19-16/h2-5,8-9,11,14,16-17H,6-7,10H2,1H3. The van der Waals surface area contributed by atoms with Crippen molar-refractivity contribution in [1.29, 1.82) is 0 Å². The van der Waals surface area contributed by atoms with Gasteiger partial charge in [-0.25, -0.2) is 0 Å². The van der Waals surface area contributed by atoms with Crippen LogP contribution in [0, 0.1) is 0 Å². The zero-order chi connectivity index (χ0) is 13.1. The molecule has 1 aliphatic heterocycles. The van der Waals surface area contributed by atoms with Crippen LogP contribution in [0.3, 0.4) is 0 Å². The van der Waals surface area contributed by atoms with Gasteiger partial charge in [0.1, 0.15) is 0 Å². The summed E-state index contributed by atoms with van der Waals surface area (Å²) in [6.45, 7) is 0. The molecule has 2 unspecified atom stereocenters. The maximum atomic E-state index is 3.52. The van der Waals surface area contributed by atoms with Crippen molar-refractivity contribution in [2.24, 2.45) is 0 Å². The van der Waals surface area contributed by atoms with Gasteiger partial charge in [-0.2, -0.15) is 11.3 Å². The lowest BCUT2D eigenvalue weighted by atomic mass is 10.00. The highest BCUT2D eigenvalue weighted by Crippen LogP contribution is 2.39. The summed E-state index contributed by atoms with van der Waals surface area (Å²) in [4.78, 5) is 1.48. The molecule has 1 aromatic heterocycles. The van der Waals surface area contributed by atoms with Crippen LogP contribution in [-0.2, 0) is 12.8 Å². The summed E-state index contributed by atoms with van der Waals surface area (Å²) in [7, 11) is 2.10. The Bertz CT molecular complexity index is 496. The summed E-state index contributed by atoms with van der Waals surface area (Å²) in [5, 5.41) is 8.64. The zero-order valence-corrected chi connectivity index (χ0v) is 12.8. The Kier molecular flexibility index (Phi) is 4.26. The van der Waals surface area contributed by atoms with Crippen LogP contribution in [0.25, 0.3) is 0 Å². The minimum absolute atomic E-state index is 0.595. The highest BCUT2D eigenvalue weighted by atomic mass is 32.2. The average molecular weight is 289 g/mol. The Morgan fingerprint density at radius 1 is 1.32 bits per heavy atom. The maximum Gasteiger partial charge on any atom is 0.0289 e. The average Bonchev–Trinajstić information content (AvgIpc) is 3.08. The molecule has 1 aliphatic rings. The molecule has 0 aliphatic carbocycles. The van der Waals surface area contributed by atoms with E-state index in [9.17, 15) is 0 Å². The molecule has 0 spiro atoms. The number of benzene rings is 1. The molecule has 0 saturated heterocycles. The fourth-order valence-corrected chi connectivity index (χ4v) is 4.90. The second kappa shape index (κ2) is 6.12. The Morgan fingerprint density at radius 3 is 2.95 bits per heavy atom. The van der Waals surface area contributed by atoms with Crippen LogP contribution in [-0.4, -0.2) is 18.3 Å². The van der Waals surface area contributed by atoms with E-state index in [2.05, 4.69) is 53.5 Å². The fraction of sp³-hybridized carbons (Fsp3) is 0.375. The van der Waals surface area contributed by atoms with Crippen LogP contribution in [0.1, 0.15) is 17.5 Å². The van der Waals surface area contributed by atoms with Crippen LogP contribution in [0.2, 0.25) is 0 Å². The van der Waals surface area contributed by atoms with E-state index in [0.29, 0.717) is 11.3 Å². The van der Waals surface area contributed by atoms with Gasteiger partial charge >= 0.3 is 0 Å². The van der Waals surface area contributed by atoms with Gasteiger partial charge in [0, 0.05) is 16.2 Å². The van der Waals surface area contributed by atoms with Crippen LogP contribution < -0.4 is 5.32 Å². The molecule has 2 aromatic rings. The quantitative estimate of drug-likeness (QED) is 0.893. The van der Waals surface area contributed by atoms with Gasteiger partial charge in [-0.15, -0.1) is 11.8 Å². The number of rotatable bonds is 5. The first-order valence-electron chi connectivity index (χ1n) is 6.79. The molecule has 1 N–H and O–H groups in total. The van der Waals surface area contributed by atoms with Gasteiger partial charge in [0.05, 0.1) is 0 Å². The summed E-state index contributed by atoms with van der Waals surface area (Å²) in [5.41, 5.74) is 3.00. The SMILES string of the molecule is CNC(CCc1ccsc1)C1Cc2ccccc2S1. The first kappa shape index (κ1) is 13.2. The van der Waals surface area contributed by atoms with Crippen molar-refractivity contribution in [3.05, 3.63) is 52.2 Å². The highest BCUT2D eigenvalue weighted by molar-refractivity contribution is 8.00. The van der Waals surface area contributed by atoms with Gasteiger partial charge in [0.25, 0.3) is 0 Å². The van der Waals surface area contributed by atoms with Crippen molar-refractivity contribution in [1.82, 2.24) is 5.32 Å². The van der Waals surface area contributed by atoms with Gasteiger partial charge in [0.15, 0.2) is 0 Å². The van der Waals surface area contributed by atoms with Gasteiger partial charge < -0.3 is 5.32 Å². The van der Waals surface area contributed by atoms with E-state index in [-0.39, 0.29) is 0 Å². The number of hydrogen-bond donors (Lipinski definition) is 1. The topological polar surface area (TPSA) is 12.0 Å². The number of thiophene rings is 1. The monoisotopic (exact) mass is 289 g/mol. The smallest absolute Gasteiger partial charge is 0.0289 e. The first-order valence-corrected chi connectivity index (χ1v) is 8.62. The van der Waals surface area contributed by atoms with E-state index in [1.54, 1.807) is 11.3 Å². The van der Waals surface area contributed by atoms with Gasteiger partial charge in [-0.3, -0.25) is 0 Å². The van der Waals surface area contributed by atoms with Crippen LogP contribution in [0.4, 0.5) is 0 Å². The molecule has 19 heavy (non-hydrogen) atoms. The van der Waals surface area contributed by atoms with E-state index in [4.69, 9.17) is 0 Å². The fourth-order valence-electron chi connectivity index (χ4n) is 2.71. The molecule has 2 heterocycles. The number of hydrogen-bond acceptors (Lipinski definition) is 3. The molecule has 3 heteroatoms. The van der Waals surface area contributed by atoms with E-state index in [1.807, 2.05) is 11.8 Å². The predicted octanol–water partition coefficient (Wildman–Crippen LogP) is 3.99. The molecule has 0 radical (unpaired) electrons. The second-order valence-electron chi connectivity index (χ2n) is 5.03. The minimum atomic E-state index is 0.595. The predicted molar refractivity (Wildman–Crippen MR) is 85.3 cm³/mol. The molecular formula is C16H19NS2. The van der Waals surface area contributed by atoms with E-state index in [1.165, 1.54) is 35.3 Å². The number of aryl methyl sites for hydroxylation is 1. The summed E-state index contributed by atoms with van der Waals surface area (Å²) in [6, 6.07) is 11.7. The summed E-state index contributed by atoms with van der Waals surface area (Å²) >= 11 is 3.84. The van der Waals surface area contributed by atoms with Crippen molar-refractivity contribution < 1.29 is 0 Å². The Morgan fingerprint density at radius 2 is 2.21 bits per heavy atom. The molecule has 3 rings (SSSR count). The maximum absolute atomic E-state index is 3.52. The van der Waals surface area contributed by atoms with Crippen molar-refractivity contribution in [3.8, 4) is 0 Å². The van der Waals surface area contributed by atoms with E-state index in [0.717, 1.165) is 0 Å². The lowest BCUT2D eigenvalue weighted by Crippen LogP contribution is -2.36. The van der Waals surface area contributed by atoms with Crippen LogP contribution >= 0.6 is 23.1 Å². The van der Waals surface area contributed by atoms with E-state index < -0.39 is 0 Å². The van der Waals surface area contributed by atoms with Crippen LogP contribution in [0.5, 0.6) is 0 Å².